The van der Waals surface area contributed by atoms with Gasteiger partial charge in [0.15, 0.2) is 5.78 Å². The van der Waals surface area contributed by atoms with Crippen molar-refractivity contribution in [3.63, 3.8) is 0 Å². The molecule has 0 aliphatic rings. The lowest BCUT2D eigenvalue weighted by molar-refractivity contribution is -0.116. The van der Waals surface area contributed by atoms with Crippen LogP contribution in [0.15, 0.2) is 23.1 Å². The maximum atomic E-state index is 11.6. The van der Waals surface area contributed by atoms with E-state index in [4.69, 9.17) is 16.3 Å². The largest absolute Gasteiger partial charge is 0.462 e. The third kappa shape index (κ3) is 3.23. The van der Waals surface area contributed by atoms with Gasteiger partial charge in [-0.2, -0.15) is 0 Å². The fourth-order valence-electron chi connectivity index (χ4n) is 1.36. The second kappa shape index (κ2) is 6.07. The number of Topliss-reactive ketones (excluding diaryl/α,β-unsaturated/α-hetero) is 1. The van der Waals surface area contributed by atoms with E-state index in [1.165, 1.54) is 6.92 Å². The van der Waals surface area contributed by atoms with Crippen molar-refractivity contribution >= 4 is 36.0 Å². The molecule has 0 aromatic heterocycles. The second-order valence-electron chi connectivity index (χ2n) is 3.44. The zero-order chi connectivity index (χ0) is 13.0. The Labute approximate surface area is 111 Å². The number of ether oxygens (including phenoxy) is 1. The summed E-state index contributed by atoms with van der Waals surface area (Å²) in [6.07, 6.45) is 0. The van der Waals surface area contributed by atoms with Gasteiger partial charge in [-0.3, -0.25) is 4.79 Å². The van der Waals surface area contributed by atoms with Gasteiger partial charge in [0.1, 0.15) is 5.38 Å². The van der Waals surface area contributed by atoms with Crippen LogP contribution in [0.2, 0.25) is 0 Å². The zero-order valence-electron chi connectivity index (χ0n) is 9.57. The van der Waals surface area contributed by atoms with E-state index in [1.807, 2.05) is 0 Å². The summed E-state index contributed by atoms with van der Waals surface area (Å²) in [6, 6.07) is 4.91. The molecule has 0 bridgehead atoms. The van der Waals surface area contributed by atoms with E-state index >= 15 is 0 Å². The van der Waals surface area contributed by atoms with Gasteiger partial charge in [0.05, 0.1) is 12.2 Å². The number of rotatable bonds is 4. The standard InChI is InChI=1S/C12H13ClO3S/c1-3-16-12(15)9-6-4-5-8(11(9)17)10(13)7(2)14/h4-6,10,17H,3H2,1-2H3. The molecule has 1 unspecified atom stereocenters. The fourth-order valence-corrected chi connectivity index (χ4v) is 1.99. The molecule has 1 aromatic carbocycles. The lowest BCUT2D eigenvalue weighted by atomic mass is 10.1. The summed E-state index contributed by atoms with van der Waals surface area (Å²) in [6.45, 7) is 3.40. The number of hydrogen-bond acceptors (Lipinski definition) is 4. The van der Waals surface area contributed by atoms with Crippen LogP contribution >= 0.6 is 24.2 Å². The number of halogens is 1. The molecule has 0 spiro atoms. The Morgan fingerprint density at radius 3 is 2.65 bits per heavy atom. The third-order valence-electron chi connectivity index (χ3n) is 2.19. The second-order valence-corrected chi connectivity index (χ2v) is 4.32. The summed E-state index contributed by atoms with van der Waals surface area (Å²) in [5, 5.41) is -0.795. The average molecular weight is 273 g/mol. The minimum atomic E-state index is -0.795. The van der Waals surface area contributed by atoms with E-state index < -0.39 is 11.3 Å². The molecular weight excluding hydrogens is 260 g/mol. The van der Waals surface area contributed by atoms with Gasteiger partial charge in [0, 0.05) is 4.90 Å². The Bertz CT molecular complexity index is 445. The van der Waals surface area contributed by atoms with Crippen molar-refractivity contribution in [3.8, 4) is 0 Å². The Morgan fingerprint density at radius 2 is 2.12 bits per heavy atom. The molecule has 3 nitrogen and oxygen atoms in total. The highest BCUT2D eigenvalue weighted by atomic mass is 35.5. The summed E-state index contributed by atoms with van der Waals surface area (Å²) in [7, 11) is 0. The normalized spacial score (nSPS) is 12.0. The molecule has 5 heteroatoms. The summed E-state index contributed by atoms with van der Waals surface area (Å²) in [5.74, 6) is -0.658. The average Bonchev–Trinajstić information content (AvgIpc) is 2.28. The van der Waals surface area contributed by atoms with Crippen LogP contribution in [0.3, 0.4) is 0 Å². The lowest BCUT2D eigenvalue weighted by Gasteiger charge is -2.12. The summed E-state index contributed by atoms with van der Waals surface area (Å²) in [4.78, 5) is 23.2. The molecule has 1 atom stereocenters. The van der Waals surface area contributed by atoms with Crippen molar-refractivity contribution in [2.45, 2.75) is 24.1 Å². The molecule has 0 amide bonds. The number of alkyl halides is 1. The first-order valence-corrected chi connectivity index (χ1v) is 6.00. The molecular formula is C12H13ClO3S. The maximum absolute atomic E-state index is 11.6. The Morgan fingerprint density at radius 1 is 1.47 bits per heavy atom. The van der Waals surface area contributed by atoms with Gasteiger partial charge in [-0.25, -0.2) is 4.79 Å². The topological polar surface area (TPSA) is 43.4 Å². The molecule has 1 rings (SSSR count). The first kappa shape index (κ1) is 14.1. The van der Waals surface area contributed by atoms with Crippen molar-refractivity contribution in [1.82, 2.24) is 0 Å². The smallest absolute Gasteiger partial charge is 0.339 e. The summed E-state index contributed by atoms with van der Waals surface area (Å²) >= 11 is 10.2. The van der Waals surface area contributed by atoms with E-state index in [2.05, 4.69) is 12.6 Å². The van der Waals surface area contributed by atoms with Crippen LogP contribution < -0.4 is 0 Å². The SMILES string of the molecule is CCOC(=O)c1cccc(C(Cl)C(C)=O)c1S. The number of benzene rings is 1. The van der Waals surface area contributed by atoms with E-state index in [9.17, 15) is 9.59 Å². The number of carbonyl (C=O) groups is 2. The molecule has 0 N–H and O–H groups in total. The Kier molecular flexibility index (Phi) is 5.02. The molecule has 0 radical (unpaired) electrons. The number of ketones is 1. The first-order valence-electron chi connectivity index (χ1n) is 5.12. The number of thiol groups is 1. The molecule has 0 aliphatic heterocycles. The number of hydrogen-bond donors (Lipinski definition) is 1. The van der Waals surface area contributed by atoms with Crippen molar-refractivity contribution in [1.29, 1.82) is 0 Å². The van der Waals surface area contributed by atoms with Crippen LogP contribution in [0.4, 0.5) is 0 Å². The van der Waals surface area contributed by atoms with E-state index in [0.717, 1.165) is 0 Å². The molecule has 0 heterocycles. The van der Waals surface area contributed by atoms with Crippen LogP contribution in [0.1, 0.15) is 35.1 Å². The zero-order valence-corrected chi connectivity index (χ0v) is 11.2. The quantitative estimate of drug-likeness (QED) is 0.520. The molecule has 0 saturated heterocycles. The van der Waals surface area contributed by atoms with Gasteiger partial charge in [0.2, 0.25) is 0 Å². The van der Waals surface area contributed by atoms with E-state index in [-0.39, 0.29) is 12.4 Å². The predicted molar refractivity (Wildman–Crippen MR) is 68.9 cm³/mol. The van der Waals surface area contributed by atoms with E-state index in [1.54, 1.807) is 25.1 Å². The van der Waals surface area contributed by atoms with Crippen molar-refractivity contribution in [3.05, 3.63) is 29.3 Å². The van der Waals surface area contributed by atoms with Crippen molar-refractivity contribution < 1.29 is 14.3 Å². The van der Waals surface area contributed by atoms with Gasteiger partial charge in [-0.15, -0.1) is 24.2 Å². The first-order chi connectivity index (χ1) is 7.99. The maximum Gasteiger partial charge on any atom is 0.339 e. The fraction of sp³-hybridized carbons (Fsp3) is 0.333. The Hall–Kier alpha value is -1.00. The molecule has 0 saturated carbocycles. The minimum Gasteiger partial charge on any atom is -0.462 e. The van der Waals surface area contributed by atoms with Crippen LogP contribution in [0, 0.1) is 0 Å². The van der Waals surface area contributed by atoms with Gasteiger partial charge in [-0.1, -0.05) is 12.1 Å². The van der Waals surface area contributed by atoms with E-state index in [0.29, 0.717) is 16.0 Å². The van der Waals surface area contributed by atoms with Gasteiger partial charge in [-0.05, 0) is 25.5 Å². The van der Waals surface area contributed by atoms with Gasteiger partial charge in [0.25, 0.3) is 0 Å². The monoisotopic (exact) mass is 272 g/mol. The van der Waals surface area contributed by atoms with Crippen LogP contribution in [0.25, 0.3) is 0 Å². The van der Waals surface area contributed by atoms with Crippen molar-refractivity contribution in [2.75, 3.05) is 6.61 Å². The van der Waals surface area contributed by atoms with Gasteiger partial charge >= 0.3 is 5.97 Å². The summed E-state index contributed by atoms with van der Waals surface area (Å²) < 4.78 is 4.89. The highest BCUT2D eigenvalue weighted by Crippen LogP contribution is 2.30. The van der Waals surface area contributed by atoms with Crippen molar-refractivity contribution in [2.24, 2.45) is 0 Å². The molecule has 0 fully saturated rings. The predicted octanol–water partition coefficient (Wildman–Crippen LogP) is 3.02. The Balaban J connectivity index is 3.15. The third-order valence-corrected chi connectivity index (χ3v) is 3.23. The highest BCUT2D eigenvalue weighted by molar-refractivity contribution is 7.80. The number of esters is 1. The van der Waals surface area contributed by atoms with Crippen LogP contribution in [-0.2, 0) is 9.53 Å². The highest BCUT2D eigenvalue weighted by Gasteiger charge is 2.20. The molecule has 1 aromatic rings. The molecule has 0 aliphatic carbocycles. The van der Waals surface area contributed by atoms with Crippen LogP contribution in [-0.4, -0.2) is 18.4 Å². The molecule has 17 heavy (non-hydrogen) atoms. The number of carbonyl (C=O) groups excluding carboxylic acids is 2. The van der Waals surface area contributed by atoms with Gasteiger partial charge < -0.3 is 4.74 Å². The lowest BCUT2D eigenvalue weighted by Crippen LogP contribution is -2.09. The minimum absolute atomic E-state index is 0.192. The summed E-state index contributed by atoms with van der Waals surface area (Å²) in [5.41, 5.74) is 0.840. The van der Waals surface area contributed by atoms with Crippen LogP contribution in [0.5, 0.6) is 0 Å². The molecule has 92 valence electrons.